The van der Waals surface area contributed by atoms with Gasteiger partial charge < -0.3 is 5.32 Å². The Hall–Kier alpha value is -2.34. The largest absolute Gasteiger partial charge is 0.325 e. The molecule has 0 spiro atoms. The maximum absolute atomic E-state index is 12.3. The van der Waals surface area contributed by atoms with E-state index in [1.54, 1.807) is 19.1 Å². The highest BCUT2D eigenvalue weighted by molar-refractivity contribution is 8.00. The molecule has 0 bridgehead atoms. The van der Waals surface area contributed by atoms with Crippen LogP contribution in [-0.4, -0.2) is 16.1 Å². The van der Waals surface area contributed by atoms with Crippen molar-refractivity contribution in [3.05, 3.63) is 63.7 Å². The van der Waals surface area contributed by atoms with Gasteiger partial charge in [-0.05, 0) is 39.0 Å². The molecule has 2 aromatic carbocycles. The molecule has 6 heteroatoms. The molecule has 0 aliphatic carbocycles. The van der Waals surface area contributed by atoms with Crippen molar-refractivity contribution in [3.63, 3.8) is 0 Å². The van der Waals surface area contributed by atoms with Crippen molar-refractivity contribution < 1.29 is 9.72 Å². The summed E-state index contributed by atoms with van der Waals surface area (Å²) in [5, 5.41) is 13.4. The number of nitro groups is 1. The molecule has 1 N–H and O–H groups in total. The minimum atomic E-state index is -0.449. The molecule has 0 saturated heterocycles. The molecule has 2 aromatic rings. The molecular formula is C17H18N2O3S. The van der Waals surface area contributed by atoms with E-state index in [2.05, 4.69) is 5.32 Å². The van der Waals surface area contributed by atoms with E-state index in [0.29, 0.717) is 11.3 Å². The topological polar surface area (TPSA) is 72.2 Å². The van der Waals surface area contributed by atoms with Crippen molar-refractivity contribution in [2.75, 3.05) is 5.32 Å². The first-order valence-electron chi connectivity index (χ1n) is 7.16. The average Bonchev–Trinajstić information content (AvgIpc) is 2.51. The summed E-state index contributed by atoms with van der Waals surface area (Å²) in [6.45, 7) is 5.45. The van der Waals surface area contributed by atoms with E-state index in [1.165, 1.54) is 23.4 Å². The fourth-order valence-electron chi connectivity index (χ4n) is 2.07. The highest BCUT2D eigenvalue weighted by Crippen LogP contribution is 2.27. The van der Waals surface area contributed by atoms with Gasteiger partial charge in [0, 0.05) is 11.0 Å². The van der Waals surface area contributed by atoms with Crippen molar-refractivity contribution in [3.8, 4) is 0 Å². The highest BCUT2D eigenvalue weighted by atomic mass is 32.2. The molecule has 1 amide bonds. The second-order valence-corrected chi connectivity index (χ2v) is 6.68. The van der Waals surface area contributed by atoms with Gasteiger partial charge in [0.05, 0.1) is 21.4 Å². The minimum absolute atomic E-state index is 0.00152. The molecule has 0 unspecified atom stereocenters. The van der Waals surface area contributed by atoms with Crippen LogP contribution in [0.1, 0.15) is 18.1 Å². The van der Waals surface area contributed by atoms with E-state index in [0.717, 1.165) is 4.90 Å². The normalized spacial score (nSPS) is 11.8. The Morgan fingerprint density at radius 3 is 2.43 bits per heavy atom. The molecule has 2 rings (SSSR count). The number of benzene rings is 2. The van der Waals surface area contributed by atoms with Crippen LogP contribution in [0.5, 0.6) is 0 Å². The number of amides is 1. The van der Waals surface area contributed by atoms with Crippen molar-refractivity contribution in [1.29, 1.82) is 0 Å². The molecule has 0 aliphatic rings. The number of nitro benzene ring substituents is 1. The van der Waals surface area contributed by atoms with Gasteiger partial charge in [-0.2, -0.15) is 0 Å². The van der Waals surface area contributed by atoms with Crippen LogP contribution in [0.15, 0.2) is 47.4 Å². The number of nitrogens with one attached hydrogen (secondary N) is 1. The third kappa shape index (κ3) is 4.32. The molecule has 0 aromatic heterocycles. The maximum atomic E-state index is 12.3. The third-order valence-corrected chi connectivity index (χ3v) is 4.57. The maximum Gasteiger partial charge on any atom is 0.274 e. The number of aryl methyl sites for hydroxylation is 1. The van der Waals surface area contributed by atoms with E-state index in [1.807, 2.05) is 38.1 Å². The van der Waals surface area contributed by atoms with Crippen molar-refractivity contribution >= 4 is 29.0 Å². The molecule has 120 valence electrons. The Kier molecular flexibility index (Phi) is 5.39. The number of nitrogens with zero attached hydrogens (tertiary/aromatic N) is 1. The zero-order chi connectivity index (χ0) is 17.0. The van der Waals surface area contributed by atoms with Crippen LogP contribution in [0, 0.1) is 24.0 Å². The molecule has 23 heavy (non-hydrogen) atoms. The van der Waals surface area contributed by atoms with Gasteiger partial charge in [-0.25, -0.2) is 0 Å². The SMILES string of the molecule is Cc1ccc(S[C@H](C)C(=O)Nc2cccc([N+](=O)[O-])c2C)cc1. The number of carbonyl (C=O) groups excluding carboxylic acids is 1. The van der Waals surface area contributed by atoms with Crippen molar-refractivity contribution in [2.24, 2.45) is 0 Å². The number of carbonyl (C=O) groups is 1. The van der Waals surface area contributed by atoms with Gasteiger partial charge in [-0.15, -0.1) is 11.8 Å². The molecule has 0 fully saturated rings. The zero-order valence-electron chi connectivity index (χ0n) is 13.2. The van der Waals surface area contributed by atoms with Crippen molar-refractivity contribution in [1.82, 2.24) is 0 Å². The lowest BCUT2D eigenvalue weighted by atomic mass is 10.1. The first-order chi connectivity index (χ1) is 10.9. The lowest BCUT2D eigenvalue weighted by Gasteiger charge is -2.13. The summed E-state index contributed by atoms with van der Waals surface area (Å²) >= 11 is 1.45. The second-order valence-electron chi connectivity index (χ2n) is 5.27. The fourth-order valence-corrected chi connectivity index (χ4v) is 2.93. The van der Waals surface area contributed by atoms with Crippen molar-refractivity contribution in [2.45, 2.75) is 30.9 Å². The first-order valence-corrected chi connectivity index (χ1v) is 8.04. The number of hydrogen-bond donors (Lipinski definition) is 1. The third-order valence-electron chi connectivity index (χ3n) is 3.46. The van der Waals surface area contributed by atoms with E-state index >= 15 is 0 Å². The van der Waals surface area contributed by atoms with Gasteiger partial charge in [0.25, 0.3) is 5.69 Å². The molecule has 0 radical (unpaired) electrons. The molecule has 5 nitrogen and oxygen atoms in total. The number of rotatable bonds is 5. The quantitative estimate of drug-likeness (QED) is 0.503. The summed E-state index contributed by atoms with van der Waals surface area (Å²) in [5.74, 6) is -0.181. The van der Waals surface area contributed by atoms with E-state index < -0.39 is 4.92 Å². The smallest absolute Gasteiger partial charge is 0.274 e. The molecule has 0 saturated carbocycles. The number of hydrogen-bond acceptors (Lipinski definition) is 4. The number of anilines is 1. The lowest BCUT2D eigenvalue weighted by Crippen LogP contribution is -2.22. The van der Waals surface area contributed by atoms with Crippen LogP contribution >= 0.6 is 11.8 Å². The summed E-state index contributed by atoms with van der Waals surface area (Å²) in [6.07, 6.45) is 0. The van der Waals surface area contributed by atoms with Crippen LogP contribution in [0.2, 0.25) is 0 Å². The summed E-state index contributed by atoms with van der Waals surface area (Å²) in [5.41, 5.74) is 2.10. The molecular weight excluding hydrogens is 312 g/mol. The van der Waals surface area contributed by atoms with Gasteiger partial charge in [0.1, 0.15) is 0 Å². The summed E-state index contributed by atoms with van der Waals surface area (Å²) in [7, 11) is 0. The zero-order valence-corrected chi connectivity index (χ0v) is 14.0. The van der Waals surface area contributed by atoms with Crippen LogP contribution < -0.4 is 5.32 Å². The standard InChI is InChI=1S/C17H18N2O3S/c1-11-7-9-14(10-8-11)23-13(3)17(20)18-15-5-4-6-16(12(15)2)19(21)22/h4-10,13H,1-3H3,(H,18,20)/t13-/m1/s1. The molecule has 0 aliphatic heterocycles. The van der Waals surface area contributed by atoms with Crippen LogP contribution in [0.25, 0.3) is 0 Å². The highest BCUT2D eigenvalue weighted by Gasteiger charge is 2.18. The van der Waals surface area contributed by atoms with E-state index in [-0.39, 0.29) is 16.8 Å². The summed E-state index contributed by atoms with van der Waals surface area (Å²) in [6, 6.07) is 12.6. The van der Waals surface area contributed by atoms with Gasteiger partial charge in [0.15, 0.2) is 0 Å². The number of thioether (sulfide) groups is 1. The Balaban J connectivity index is 2.08. The fraction of sp³-hybridized carbons (Fsp3) is 0.235. The summed E-state index contributed by atoms with van der Waals surface area (Å²) < 4.78 is 0. The Bertz CT molecular complexity index is 729. The lowest BCUT2D eigenvalue weighted by molar-refractivity contribution is -0.385. The van der Waals surface area contributed by atoms with E-state index in [9.17, 15) is 14.9 Å². The first kappa shape index (κ1) is 17.0. The van der Waals surface area contributed by atoms with E-state index in [4.69, 9.17) is 0 Å². The van der Waals surface area contributed by atoms with Gasteiger partial charge in [0.2, 0.25) is 5.91 Å². The predicted molar refractivity (Wildman–Crippen MR) is 93.0 cm³/mol. The molecule has 0 heterocycles. The minimum Gasteiger partial charge on any atom is -0.325 e. The van der Waals surface area contributed by atoms with Gasteiger partial charge >= 0.3 is 0 Å². The second kappa shape index (κ2) is 7.28. The van der Waals surface area contributed by atoms with Crippen LogP contribution in [-0.2, 0) is 4.79 Å². The Morgan fingerprint density at radius 1 is 1.17 bits per heavy atom. The summed E-state index contributed by atoms with van der Waals surface area (Å²) in [4.78, 5) is 23.8. The van der Waals surface area contributed by atoms with Gasteiger partial charge in [-0.1, -0.05) is 23.8 Å². The van der Waals surface area contributed by atoms with Gasteiger partial charge in [-0.3, -0.25) is 14.9 Å². The Morgan fingerprint density at radius 2 is 1.83 bits per heavy atom. The monoisotopic (exact) mass is 330 g/mol. The predicted octanol–water partition coefficient (Wildman–Crippen LogP) is 4.33. The Labute approximate surface area is 139 Å². The van der Waals surface area contributed by atoms with Crippen LogP contribution in [0.3, 0.4) is 0 Å². The molecule has 1 atom stereocenters. The average molecular weight is 330 g/mol. The van der Waals surface area contributed by atoms with Crippen LogP contribution in [0.4, 0.5) is 11.4 Å².